The molecule has 0 saturated carbocycles. The summed E-state index contributed by atoms with van der Waals surface area (Å²) < 4.78 is 9.63. The van der Waals surface area contributed by atoms with Crippen LogP contribution in [0.1, 0.15) is 38.8 Å². The first-order valence-electron chi connectivity index (χ1n) is 8.31. The van der Waals surface area contributed by atoms with Gasteiger partial charge in [-0.3, -0.25) is 9.59 Å². The fraction of sp³-hybridized carbons (Fsp3) is 0.250. The van der Waals surface area contributed by atoms with E-state index in [9.17, 15) is 19.5 Å². The van der Waals surface area contributed by atoms with Gasteiger partial charge in [0.2, 0.25) is 0 Å². The first-order valence-corrected chi connectivity index (χ1v) is 9.43. The van der Waals surface area contributed by atoms with E-state index in [0.29, 0.717) is 34.3 Å². The Bertz CT molecular complexity index is 912. The topological polar surface area (TPSA) is 93.1 Å². The largest absolute Gasteiger partial charge is 0.508 e. The second-order valence-electron chi connectivity index (χ2n) is 5.97. The lowest BCUT2D eigenvalue weighted by molar-refractivity contribution is -0.131. The van der Waals surface area contributed by atoms with Crippen molar-refractivity contribution in [2.24, 2.45) is 0 Å². The Morgan fingerprint density at radius 1 is 1.21 bits per heavy atom. The van der Waals surface area contributed by atoms with Crippen molar-refractivity contribution in [1.29, 1.82) is 0 Å². The molecule has 8 heteroatoms. The van der Waals surface area contributed by atoms with Crippen LogP contribution in [0, 0.1) is 0 Å². The molecule has 1 amide bonds. The fourth-order valence-electron chi connectivity index (χ4n) is 2.71. The highest BCUT2D eigenvalue weighted by Gasteiger charge is 2.26. The lowest BCUT2D eigenvalue weighted by Gasteiger charge is -2.10. The summed E-state index contributed by atoms with van der Waals surface area (Å²) in [5.41, 5.74) is 2.35. The van der Waals surface area contributed by atoms with Gasteiger partial charge in [-0.25, -0.2) is 4.79 Å². The van der Waals surface area contributed by atoms with Gasteiger partial charge in [0.05, 0.1) is 19.2 Å². The molecule has 0 aliphatic carbocycles. The van der Waals surface area contributed by atoms with E-state index in [1.807, 2.05) is 0 Å². The van der Waals surface area contributed by atoms with Crippen LogP contribution in [-0.2, 0) is 21.4 Å². The Kier molecular flexibility index (Phi) is 7.17. The molecule has 0 aromatic heterocycles. The molecule has 0 fully saturated rings. The van der Waals surface area contributed by atoms with Crippen molar-refractivity contribution in [1.82, 2.24) is 4.90 Å². The van der Waals surface area contributed by atoms with Gasteiger partial charge >= 0.3 is 11.9 Å². The zero-order chi connectivity index (χ0) is 20.8. The van der Waals surface area contributed by atoms with Gasteiger partial charge in [0, 0.05) is 36.0 Å². The quantitative estimate of drug-likeness (QED) is 0.439. The number of halogens is 1. The first-order chi connectivity index (χ1) is 13.3. The molecule has 1 N–H and O–H groups in total. The Balaban J connectivity index is 0.000000207. The molecule has 1 aliphatic rings. The maximum absolute atomic E-state index is 11.4. The molecular weight excluding hydrogens is 430 g/mol. The second kappa shape index (κ2) is 9.36. The van der Waals surface area contributed by atoms with Crippen molar-refractivity contribution in [2.45, 2.75) is 18.8 Å². The number of carbonyl (C=O) groups excluding carboxylic acids is 3. The van der Waals surface area contributed by atoms with E-state index >= 15 is 0 Å². The van der Waals surface area contributed by atoms with Crippen molar-refractivity contribution in [3.05, 3.63) is 58.7 Å². The smallest absolute Gasteiger partial charge is 0.338 e. The minimum atomic E-state index is -0.455. The van der Waals surface area contributed by atoms with Crippen LogP contribution < -0.4 is 4.74 Å². The number of carbonyl (C=O) groups is 3. The predicted octanol–water partition coefficient (Wildman–Crippen LogP) is 3.27. The van der Waals surface area contributed by atoms with E-state index in [2.05, 4.69) is 20.7 Å². The molecule has 1 heterocycles. The van der Waals surface area contributed by atoms with Gasteiger partial charge in [-0.15, -0.1) is 0 Å². The average Bonchev–Trinajstić information content (AvgIpc) is 2.97. The molecule has 1 aliphatic heterocycles. The molecule has 7 nitrogen and oxygen atoms in total. The van der Waals surface area contributed by atoms with Crippen molar-refractivity contribution < 1.29 is 29.0 Å². The van der Waals surface area contributed by atoms with Gasteiger partial charge in [-0.05, 0) is 24.3 Å². The highest BCUT2D eigenvalue weighted by molar-refractivity contribution is 9.08. The van der Waals surface area contributed by atoms with Gasteiger partial charge in [0.15, 0.2) is 0 Å². The number of amides is 1. The van der Waals surface area contributed by atoms with Gasteiger partial charge in [0.25, 0.3) is 5.91 Å². The SMILES string of the molecule is CN1Cc2c(O)cccc2C1=O.COC(=O)c1cccc(OC(C)=O)c1CBr. The fourth-order valence-corrected chi connectivity index (χ4v) is 3.29. The number of benzene rings is 2. The van der Waals surface area contributed by atoms with Gasteiger partial charge in [-0.2, -0.15) is 0 Å². The number of phenolic OH excluding ortho intramolecular Hbond substituents is 1. The maximum atomic E-state index is 11.4. The predicted molar refractivity (Wildman–Crippen MR) is 106 cm³/mol. The molecule has 0 atom stereocenters. The minimum absolute atomic E-state index is 0.0131. The molecule has 3 rings (SSSR count). The average molecular weight is 450 g/mol. The van der Waals surface area contributed by atoms with Crippen LogP contribution in [0.5, 0.6) is 11.5 Å². The third-order valence-electron chi connectivity index (χ3n) is 4.05. The van der Waals surface area contributed by atoms with E-state index in [4.69, 9.17) is 4.74 Å². The van der Waals surface area contributed by atoms with Crippen molar-refractivity contribution >= 4 is 33.8 Å². The lowest BCUT2D eigenvalue weighted by Crippen LogP contribution is -2.17. The van der Waals surface area contributed by atoms with E-state index in [1.165, 1.54) is 14.0 Å². The van der Waals surface area contributed by atoms with Crippen LogP contribution in [0.3, 0.4) is 0 Å². The summed E-state index contributed by atoms with van der Waals surface area (Å²) in [6, 6.07) is 9.91. The van der Waals surface area contributed by atoms with Gasteiger partial charge < -0.3 is 19.5 Å². The summed E-state index contributed by atoms with van der Waals surface area (Å²) in [5, 5.41) is 9.79. The molecule has 0 spiro atoms. The number of hydrogen-bond donors (Lipinski definition) is 1. The van der Waals surface area contributed by atoms with Crippen LogP contribution in [-0.4, -0.2) is 42.0 Å². The number of aromatic hydroxyl groups is 1. The van der Waals surface area contributed by atoms with Crippen LogP contribution in [0.25, 0.3) is 0 Å². The zero-order valence-electron chi connectivity index (χ0n) is 15.7. The molecule has 0 bridgehead atoms. The number of nitrogens with zero attached hydrogens (tertiary/aromatic N) is 1. The number of phenols is 1. The number of esters is 2. The number of methoxy groups -OCH3 is 1. The Hall–Kier alpha value is -2.87. The Labute approximate surface area is 171 Å². The van der Waals surface area contributed by atoms with E-state index in [0.717, 1.165) is 5.56 Å². The monoisotopic (exact) mass is 449 g/mol. The zero-order valence-corrected chi connectivity index (χ0v) is 17.3. The lowest BCUT2D eigenvalue weighted by atomic mass is 10.1. The van der Waals surface area contributed by atoms with Crippen molar-refractivity contribution in [3.8, 4) is 11.5 Å². The summed E-state index contributed by atoms with van der Waals surface area (Å²) in [6.45, 7) is 1.82. The number of ether oxygens (including phenoxy) is 2. The normalized spacial score (nSPS) is 12.0. The van der Waals surface area contributed by atoms with Crippen molar-refractivity contribution in [2.75, 3.05) is 14.2 Å². The first kappa shape index (κ1) is 21.4. The second-order valence-corrected chi connectivity index (χ2v) is 6.53. The van der Waals surface area contributed by atoms with Crippen LogP contribution in [0.15, 0.2) is 36.4 Å². The van der Waals surface area contributed by atoms with Gasteiger partial charge in [0.1, 0.15) is 11.5 Å². The number of fused-ring (bicyclic) bond motifs is 1. The summed E-state index contributed by atoms with van der Waals surface area (Å²) >= 11 is 3.25. The highest BCUT2D eigenvalue weighted by Crippen LogP contribution is 2.28. The van der Waals surface area contributed by atoms with Crippen molar-refractivity contribution in [3.63, 3.8) is 0 Å². The number of rotatable bonds is 3. The molecule has 0 unspecified atom stereocenters. The number of hydrogen-bond acceptors (Lipinski definition) is 6. The van der Waals surface area contributed by atoms with E-state index in [1.54, 1.807) is 48.3 Å². The summed E-state index contributed by atoms with van der Waals surface area (Å²) in [6.07, 6.45) is 0. The molecule has 0 radical (unpaired) electrons. The van der Waals surface area contributed by atoms with Crippen LogP contribution in [0.2, 0.25) is 0 Å². The molecular formula is C20H20BrNO6. The highest BCUT2D eigenvalue weighted by atomic mass is 79.9. The van der Waals surface area contributed by atoms with Crippen LogP contribution >= 0.6 is 15.9 Å². The van der Waals surface area contributed by atoms with E-state index in [-0.39, 0.29) is 11.7 Å². The van der Waals surface area contributed by atoms with Gasteiger partial charge in [-0.1, -0.05) is 28.1 Å². The molecule has 0 saturated heterocycles. The molecule has 148 valence electrons. The summed E-state index contributed by atoms with van der Waals surface area (Å²) in [7, 11) is 3.03. The number of alkyl halides is 1. The Morgan fingerprint density at radius 3 is 2.46 bits per heavy atom. The third kappa shape index (κ3) is 4.69. The Morgan fingerprint density at radius 2 is 1.89 bits per heavy atom. The van der Waals surface area contributed by atoms with E-state index < -0.39 is 11.9 Å². The third-order valence-corrected chi connectivity index (χ3v) is 4.61. The molecule has 28 heavy (non-hydrogen) atoms. The summed E-state index contributed by atoms with van der Waals surface area (Å²) in [5.74, 6) is -0.314. The molecule has 2 aromatic carbocycles. The summed E-state index contributed by atoms with van der Waals surface area (Å²) in [4.78, 5) is 35.3. The maximum Gasteiger partial charge on any atom is 0.338 e. The van der Waals surface area contributed by atoms with Crippen LogP contribution in [0.4, 0.5) is 0 Å². The molecule has 2 aromatic rings. The standard InChI is InChI=1S/C11H11BrO4.C9H9NO2/c1-7(13)16-10-5-3-4-8(9(10)6-12)11(14)15-2;1-10-5-7-6(9(10)12)3-2-4-8(7)11/h3-5H,6H2,1-2H3;2-4,11H,5H2,1H3. The minimum Gasteiger partial charge on any atom is -0.508 e.